The van der Waals surface area contributed by atoms with E-state index in [9.17, 15) is 9.90 Å². The standard InChI is InChI=1S/C13H22N2O2/c1-4-7-14-13(17)10(3)15-8-6-12(16)11(5-2)9-15/h1,10-12,16H,5-9H2,2-3H3,(H,14,17). The van der Waals surface area contributed by atoms with Crippen LogP contribution in [-0.4, -0.2) is 47.7 Å². The lowest BCUT2D eigenvalue weighted by molar-refractivity contribution is -0.127. The largest absolute Gasteiger partial charge is 0.393 e. The van der Waals surface area contributed by atoms with Gasteiger partial charge in [-0.1, -0.05) is 12.8 Å². The second-order valence-electron chi connectivity index (χ2n) is 4.62. The highest BCUT2D eigenvalue weighted by Gasteiger charge is 2.31. The minimum absolute atomic E-state index is 0.0332. The van der Waals surface area contributed by atoms with Crippen molar-refractivity contribution in [2.45, 2.75) is 38.8 Å². The van der Waals surface area contributed by atoms with E-state index < -0.39 is 0 Å². The fourth-order valence-electron chi connectivity index (χ4n) is 2.25. The summed E-state index contributed by atoms with van der Waals surface area (Å²) < 4.78 is 0. The molecule has 0 radical (unpaired) electrons. The zero-order valence-corrected chi connectivity index (χ0v) is 10.6. The molecule has 1 saturated heterocycles. The molecular formula is C13H22N2O2. The number of carbonyl (C=O) groups excluding carboxylic acids is 1. The van der Waals surface area contributed by atoms with Gasteiger partial charge >= 0.3 is 0 Å². The summed E-state index contributed by atoms with van der Waals surface area (Å²) in [5, 5.41) is 12.5. The Morgan fingerprint density at radius 3 is 3.00 bits per heavy atom. The summed E-state index contributed by atoms with van der Waals surface area (Å²) in [6.45, 7) is 5.78. The maximum absolute atomic E-state index is 11.8. The summed E-state index contributed by atoms with van der Waals surface area (Å²) in [7, 11) is 0. The van der Waals surface area contributed by atoms with Gasteiger partial charge in [-0.2, -0.15) is 0 Å². The van der Waals surface area contributed by atoms with Crippen LogP contribution < -0.4 is 5.32 Å². The third-order valence-electron chi connectivity index (χ3n) is 3.54. The number of hydrogen-bond donors (Lipinski definition) is 2. The molecule has 1 aliphatic heterocycles. The van der Waals surface area contributed by atoms with Crippen molar-refractivity contribution < 1.29 is 9.90 Å². The lowest BCUT2D eigenvalue weighted by Crippen LogP contribution is -2.52. The van der Waals surface area contributed by atoms with Crippen LogP contribution >= 0.6 is 0 Å². The lowest BCUT2D eigenvalue weighted by atomic mass is 9.91. The van der Waals surface area contributed by atoms with E-state index in [0.29, 0.717) is 0 Å². The summed E-state index contributed by atoms with van der Waals surface area (Å²) in [5.41, 5.74) is 0. The number of carbonyl (C=O) groups is 1. The van der Waals surface area contributed by atoms with Crippen molar-refractivity contribution in [3.8, 4) is 12.3 Å². The van der Waals surface area contributed by atoms with E-state index in [-0.39, 0.29) is 30.5 Å². The van der Waals surface area contributed by atoms with Gasteiger partial charge in [-0.05, 0) is 25.7 Å². The molecule has 1 heterocycles. The van der Waals surface area contributed by atoms with Crippen LogP contribution in [0.15, 0.2) is 0 Å². The second kappa shape index (κ2) is 6.63. The molecule has 2 N–H and O–H groups in total. The molecule has 1 aliphatic rings. The minimum atomic E-state index is -0.225. The minimum Gasteiger partial charge on any atom is -0.393 e. The van der Waals surface area contributed by atoms with Crippen LogP contribution in [-0.2, 0) is 4.79 Å². The summed E-state index contributed by atoms with van der Waals surface area (Å²) >= 11 is 0. The first kappa shape index (κ1) is 14.0. The van der Waals surface area contributed by atoms with Gasteiger partial charge in [0.25, 0.3) is 0 Å². The fraction of sp³-hybridized carbons (Fsp3) is 0.769. The summed E-state index contributed by atoms with van der Waals surface area (Å²) in [5.74, 6) is 2.63. The van der Waals surface area contributed by atoms with E-state index in [2.05, 4.69) is 23.1 Å². The molecule has 0 spiro atoms. The molecule has 1 rings (SSSR count). The Hall–Kier alpha value is -1.05. The van der Waals surface area contributed by atoms with Gasteiger partial charge in [0.2, 0.25) is 5.91 Å². The Morgan fingerprint density at radius 2 is 2.41 bits per heavy atom. The average Bonchev–Trinajstić information content (AvgIpc) is 2.35. The van der Waals surface area contributed by atoms with E-state index in [0.717, 1.165) is 25.9 Å². The molecule has 0 aromatic heterocycles. The first-order chi connectivity index (χ1) is 8.10. The van der Waals surface area contributed by atoms with E-state index >= 15 is 0 Å². The molecule has 3 atom stereocenters. The van der Waals surface area contributed by atoms with E-state index in [1.54, 1.807) is 0 Å². The molecule has 1 fully saturated rings. The number of piperidine rings is 1. The Kier molecular flexibility index (Phi) is 5.46. The van der Waals surface area contributed by atoms with Gasteiger partial charge in [0, 0.05) is 13.1 Å². The molecule has 96 valence electrons. The first-order valence-electron chi connectivity index (χ1n) is 6.23. The third-order valence-corrected chi connectivity index (χ3v) is 3.54. The normalized spacial score (nSPS) is 27.2. The van der Waals surface area contributed by atoms with Crippen LogP contribution in [0.3, 0.4) is 0 Å². The third kappa shape index (κ3) is 3.72. The van der Waals surface area contributed by atoms with E-state index in [1.807, 2.05) is 6.92 Å². The van der Waals surface area contributed by atoms with Crippen molar-refractivity contribution in [2.24, 2.45) is 5.92 Å². The van der Waals surface area contributed by atoms with Gasteiger partial charge in [-0.25, -0.2) is 0 Å². The van der Waals surface area contributed by atoms with Crippen molar-refractivity contribution in [3.63, 3.8) is 0 Å². The number of terminal acetylenes is 1. The second-order valence-corrected chi connectivity index (χ2v) is 4.62. The Morgan fingerprint density at radius 1 is 1.71 bits per heavy atom. The topological polar surface area (TPSA) is 52.6 Å². The number of hydrogen-bond acceptors (Lipinski definition) is 3. The molecule has 0 bridgehead atoms. The van der Waals surface area contributed by atoms with Gasteiger partial charge in [-0.15, -0.1) is 6.42 Å². The predicted molar refractivity (Wildman–Crippen MR) is 67.3 cm³/mol. The van der Waals surface area contributed by atoms with Gasteiger partial charge < -0.3 is 10.4 Å². The van der Waals surface area contributed by atoms with Crippen LogP contribution in [0, 0.1) is 18.3 Å². The zero-order chi connectivity index (χ0) is 12.8. The fourth-order valence-corrected chi connectivity index (χ4v) is 2.25. The predicted octanol–water partition coefficient (Wildman–Crippen LogP) is 0.217. The maximum Gasteiger partial charge on any atom is 0.237 e. The summed E-state index contributed by atoms with van der Waals surface area (Å²) in [6.07, 6.45) is 6.56. The SMILES string of the molecule is C#CCNC(=O)C(C)N1CCC(O)C(CC)C1. The molecule has 0 aliphatic carbocycles. The zero-order valence-electron chi connectivity index (χ0n) is 10.6. The molecule has 4 nitrogen and oxygen atoms in total. The number of aliphatic hydroxyl groups is 1. The quantitative estimate of drug-likeness (QED) is 0.689. The molecule has 0 aromatic carbocycles. The van der Waals surface area contributed by atoms with E-state index in [4.69, 9.17) is 6.42 Å². The summed E-state index contributed by atoms with van der Waals surface area (Å²) in [4.78, 5) is 13.9. The van der Waals surface area contributed by atoms with Gasteiger partial charge in [0.15, 0.2) is 0 Å². The van der Waals surface area contributed by atoms with Crippen LogP contribution in [0.2, 0.25) is 0 Å². The molecule has 3 unspecified atom stereocenters. The van der Waals surface area contributed by atoms with Gasteiger partial charge in [0.1, 0.15) is 0 Å². The molecule has 1 amide bonds. The van der Waals surface area contributed by atoms with Crippen LogP contribution in [0.4, 0.5) is 0 Å². The number of aliphatic hydroxyl groups excluding tert-OH is 1. The number of likely N-dealkylation sites (tertiary alicyclic amines) is 1. The molecule has 0 aromatic rings. The van der Waals surface area contributed by atoms with E-state index in [1.165, 1.54) is 0 Å². The molecule has 4 heteroatoms. The summed E-state index contributed by atoms with van der Waals surface area (Å²) in [6, 6.07) is -0.176. The number of nitrogens with one attached hydrogen (secondary N) is 1. The number of amides is 1. The maximum atomic E-state index is 11.8. The highest BCUT2D eigenvalue weighted by atomic mass is 16.3. The van der Waals surface area contributed by atoms with Crippen LogP contribution in [0.5, 0.6) is 0 Å². The van der Waals surface area contributed by atoms with Crippen molar-refractivity contribution in [1.29, 1.82) is 0 Å². The molecule has 17 heavy (non-hydrogen) atoms. The number of rotatable bonds is 4. The Balaban J connectivity index is 2.50. The Bertz CT molecular complexity index is 298. The van der Waals surface area contributed by atoms with Crippen molar-refractivity contribution in [3.05, 3.63) is 0 Å². The van der Waals surface area contributed by atoms with Crippen LogP contribution in [0.1, 0.15) is 26.7 Å². The van der Waals surface area contributed by atoms with Crippen molar-refractivity contribution in [2.75, 3.05) is 19.6 Å². The highest BCUT2D eigenvalue weighted by molar-refractivity contribution is 5.81. The monoisotopic (exact) mass is 238 g/mol. The van der Waals surface area contributed by atoms with Crippen LogP contribution in [0.25, 0.3) is 0 Å². The smallest absolute Gasteiger partial charge is 0.237 e. The lowest BCUT2D eigenvalue weighted by Gasteiger charge is -2.38. The van der Waals surface area contributed by atoms with Gasteiger partial charge in [0.05, 0.1) is 18.7 Å². The van der Waals surface area contributed by atoms with Crippen molar-refractivity contribution in [1.82, 2.24) is 10.2 Å². The highest BCUT2D eigenvalue weighted by Crippen LogP contribution is 2.21. The average molecular weight is 238 g/mol. The van der Waals surface area contributed by atoms with Gasteiger partial charge in [-0.3, -0.25) is 9.69 Å². The van der Waals surface area contributed by atoms with Crippen molar-refractivity contribution >= 4 is 5.91 Å². The first-order valence-corrected chi connectivity index (χ1v) is 6.23. The Labute approximate surface area is 103 Å². The molecular weight excluding hydrogens is 216 g/mol. The number of nitrogens with zero attached hydrogens (tertiary/aromatic N) is 1. The molecule has 0 saturated carbocycles.